The van der Waals surface area contributed by atoms with Crippen LogP contribution in [0.1, 0.15) is 52.4 Å². The lowest BCUT2D eigenvalue weighted by Gasteiger charge is -2.55. The van der Waals surface area contributed by atoms with Gasteiger partial charge in [-0.1, -0.05) is 13.8 Å². The Morgan fingerprint density at radius 3 is 2.47 bits per heavy atom. The Kier molecular flexibility index (Phi) is 5.73. The third-order valence-corrected chi connectivity index (χ3v) is 7.25. The second kappa shape index (κ2) is 8.54. The van der Waals surface area contributed by atoms with Crippen LogP contribution >= 0.6 is 0 Å². The maximum Gasteiger partial charge on any atom is 0.410 e. The summed E-state index contributed by atoms with van der Waals surface area (Å²) >= 11 is 0. The monoisotopic (exact) mass is 445 g/mol. The number of nitrogens with one attached hydrogen (secondary N) is 1. The smallest absolute Gasteiger partial charge is 0.410 e. The zero-order valence-corrected chi connectivity index (χ0v) is 18.8. The van der Waals surface area contributed by atoms with Gasteiger partial charge in [0.15, 0.2) is 0 Å². The van der Waals surface area contributed by atoms with E-state index in [2.05, 4.69) is 5.32 Å². The van der Waals surface area contributed by atoms with Gasteiger partial charge in [-0.25, -0.2) is 9.18 Å². The van der Waals surface area contributed by atoms with E-state index in [1.807, 2.05) is 9.80 Å². The van der Waals surface area contributed by atoms with Crippen molar-refractivity contribution in [3.63, 3.8) is 0 Å². The Morgan fingerprint density at radius 1 is 1.16 bits per heavy atom. The summed E-state index contributed by atoms with van der Waals surface area (Å²) in [4.78, 5) is 28.8. The third-order valence-electron chi connectivity index (χ3n) is 7.25. The number of benzene rings is 1. The van der Waals surface area contributed by atoms with Gasteiger partial charge in [0.1, 0.15) is 11.9 Å². The molecule has 0 spiro atoms. The zero-order valence-electron chi connectivity index (χ0n) is 18.8. The number of carbonyl (C=O) groups excluding carboxylic acids is 2. The van der Waals surface area contributed by atoms with E-state index in [9.17, 15) is 14.0 Å². The number of hydrogen-bond donors (Lipinski definition) is 1. The topological polar surface area (TPSA) is 71.1 Å². The first-order chi connectivity index (χ1) is 15.4. The molecule has 1 aromatic rings. The van der Waals surface area contributed by atoms with Gasteiger partial charge in [0.25, 0.3) is 0 Å². The van der Waals surface area contributed by atoms with E-state index in [0.717, 1.165) is 38.5 Å². The number of rotatable bonds is 4. The molecule has 7 nitrogen and oxygen atoms in total. The average molecular weight is 446 g/mol. The molecule has 2 amide bonds. The van der Waals surface area contributed by atoms with Gasteiger partial charge in [0.2, 0.25) is 5.91 Å². The molecule has 1 unspecified atom stereocenters. The van der Waals surface area contributed by atoms with Crippen molar-refractivity contribution in [2.24, 2.45) is 5.92 Å². The summed E-state index contributed by atoms with van der Waals surface area (Å²) in [5.74, 6) is -0.704. The van der Waals surface area contributed by atoms with E-state index in [4.69, 9.17) is 9.47 Å². The highest BCUT2D eigenvalue weighted by atomic mass is 19.1. The van der Waals surface area contributed by atoms with Gasteiger partial charge in [-0.15, -0.1) is 0 Å². The van der Waals surface area contributed by atoms with Crippen molar-refractivity contribution in [3.8, 4) is 0 Å². The van der Waals surface area contributed by atoms with Gasteiger partial charge in [-0.3, -0.25) is 4.79 Å². The number of carbonyl (C=O) groups is 2. The third kappa shape index (κ3) is 4.17. The summed E-state index contributed by atoms with van der Waals surface area (Å²) in [5.41, 5.74) is 0.920. The number of nitrogens with zero attached hydrogens (tertiary/aromatic N) is 2. The van der Waals surface area contributed by atoms with Crippen LogP contribution in [0.15, 0.2) is 18.2 Å². The van der Waals surface area contributed by atoms with Crippen LogP contribution in [0.3, 0.4) is 0 Å². The molecule has 0 aliphatic carbocycles. The Balaban J connectivity index is 1.21. The van der Waals surface area contributed by atoms with Crippen LogP contribution in [0.5, 0.6) is 0 Å². The highest BCUT2D eigenvalue weighted by Crippen LogP contribution is 2.43. The summed E-state index contributed by atoms with van der Waals surface area (Å²) in [6, 6.07) is 5.22. The maximum atomic E-state index is 14.8. The molecule has 6 rings (SSSR count). The molecule has 0 aromatic heterocycles. The summed E-state index contributed by atoms with van der Waals surface area (Å²) in [7, 11) is 0. The summed E-state index contributed by atoms with van der Waals surface area (Å²) in [6.07, 6.45) is 5.34. The number of anilines is 2. The normalized spacial score (nSPS) is 31.2. The van der Waals surface area contributed by atoms with Crippen molar-refractivity contribution < 1.29 is 23.5 Å². The molecular formula is C24H32FN3O4. The van der Waals surface area contributed by atoms with E-state index < -0.39 is 0 Å². The number of piperidine rings is 3. The molecule has 1 aromatic carbocycles. The molecule has 32 heavy (non-hydrogen) atoms. The van der Waals surface area contributed by atoms with E-state index in [-0.39, 0.29) is 41.9 Å². The average Bonchev–Trinajstić information content (AvgIpc) is 2.73. The molecule has 5 saturated heterocycles. The minimum atomic E-state index is -0.386. The van der Waals surface area contributed by atoms with Crippen molar-refractivity contribution in [1.82, 2.24) is 4.90 Å². The van der Waals surface area contributed by atoms with Crippen molar-refractivity contribution >= 4 is 23.4 Å². The molecule has 5 aliphatic rings. The van der Waals surface area contributed by atoms with Crippen LogP contribution < -0.4 is 10.2 Å². The Morgan fingerprint density at radius 2 is 1.84 bits per heavy atom. The predicted octanol–water partition coefficient (Wildman–Crippen LogP) is 3.92. The highest BCUT2D eigenvalue weighted by Gasteiger charge is 2.50. The van der Waals surface area contributed by atoms with Gasteiger partial charge in [-0.05, 0) is 56.7 Å². The maximum absolute atomic E-state index is 14.8. The van der Waals surface area contributed by atoms with E-state index in [0.29, 0.717) is 36.7 Å². The minimum absolute atomic E-state index is 0.145. The molecule has 4 bridgehead atoms. The van der Waals surface area contributed by atoms with Crippen molar-refractivity contribution in [3.05, 3.63) is 24.0 Å². The molecule has 1 atom stereocenters. The minimum Gasteiger partial charge on any atom is -0.444 e. The van der Waals surface area contributed by atoms with Gasteiger partial charge >= 0.3 is 6.09 Å². The second-order valence-electron chi connectivity index (χ2n) is 9.94. The van der Waals surface area contributed by atoms with Gasteiger partial charge in [0, 0.05) is 30.2 Å². The number of hydrogen-bond acceptors (Lipinski definition) is 5. The van der Waals surface area contributed by atoms with Crippen LogP contribution in [0.25, 0.3) is 0 Å². The van der Waals surface area contributed by atoms with Crippen LogP contribution in [0.2, 0.25) is 0 Å². The van der Waals surface area contributed by atoms with Crippen LogP contribution in [0, 0.1) is 11.7 Å². The Hall–Kier alpha value is -2.35. The molecule has 0 radical (unpaired) electrons. The Bertz CT molecular complexity index is 864. The lowest BCUT2D eigenvalue weighted by Crippen LogP contribution is -2.64. The summed E-state index contributed by atoms with van der Waals surface area (Å²) in [5, 5.41) is 2.73. The number of halogens is 1. The van der Waals surface area contributed by atoms with Crippen LogP contribution in [0.4, 0.5) is 20.6 Å². The number of amides is 2. The predicted molar refractivity (Wildman–Crippen MR) is 118 cm³/mol. The van der Waals surface area contributed by atoms with Crippen LogP contribution in [-0.4, -0.2) is 60.4 Å². The number of ether oxygens (including phenoxy) is 2. The highest BCUT2D eigenvalue weighted by molar-refractivity contribution is 5.92. The van der Waals surface area contributed by atoms with Crippen molar-refractivity contribution in [2.45, 2.75) is 82.8 Å². The standard InChI is InChI=1S/C24H32FN3O4/c1-14(2)23(29)26-15-5-6-22(21(25)8-15)27-7-3-4-18(13-27)32-24(30)28-16-9-19-11-17(28)12-20(10-16)31-19/h5-6,8,14,16-20H,3-4,7,9-13H2,1-2H3,(H,26,29). The fourth-order valence-electron chi connectivity index (χ4n) is 5.73. The molecule has 5 heterocycles. The first-order valence-electron chi connectivity index (χ1n) is 11.9. The second-order valence-corrected chi connectivity index (χ2v) is 9.94. The van der Waals surface area contributed by atoms with Crippen LogP contribution in [-0.2, 0) is 14.3 Å². The first kappa shape index (κ1) is 21.5. The SMILES string of the molecule is CC(C)C(=O)Nc1ccc(N2CCCC(OC(=O)N3C4CC5CC3CC(C4)O5)C2)c(F)c1. The van der Waals surface area contributed by atoms with E-state index in [1.54, 1.807) is 26.0 Å². The van der Waals surface area contributed by atoms with Crippen molar-refractivity contribution in [1.29, 1.82) is 0 Å². The van der Waals surface area contributed by atoms with Gasteiger partial charge < -0.3 is 24.6 Å². The molecule has 5 fully saturated rings. The van der Waals surface area contributed by atoms with Gasteiger partial charge in [-0.2, -0.15) is 0 Å². The zero-order chi connectivity index (χ0) is 22.4. The quantitative estimate of drug-likeness (QED) is 0.761. The molecule has 1 N–H and O–H groups in total. The van der Waals surface area contributed by atoms with Crippen molar-refractivity contribution in [2.75, 3.05) is 23.3 Å². The molecule has 5 aliphatic heterocycles. The van der Waals surface area contributed by atoms with E-state index >= 15 is 0 Å². The van der Waals surface area contributed by atoms with E-state index in [1.165, 1.54) is 6.07 Å². The first-order valence-corrected chi connectivity index (χ1v) is 11.9. The fourth-order valence-corrected chi connectivity index (χ4v) is 5.73. The molecule has 0 saturated carbocycles. The molecule has 8 heteroatoms. The van der Waals surface area contributed by atoms with Gasteiger partial charge in [0.05, 0.1) is 24.4 Å². The summed E-state index contributed by atoms with van der Waals surface area (Å²) in [6.45, 7) is 4.77. The molecular weight excluding hydrogens is 413 g/mol. The lowest BCUT2D eigenvalue weighted by atomic mass is 9.78. The fraction of sp³-hybridized carbons (Fsp3) is 0.667. The summed E-state index contributed by atoms with van der Waals surface area (Å²) < 4.78 is 26.8. The molecule has 174 valence electrons. The lowest BCUT2D eigenvalue weighted by molar-refractivity contribution is -0.174. The Labute approximate surface area is 188 Å². The largest absolute Gasteiger partial charge is 0.444 e.